The molecule has 0 saturated carbocycles. The molecule has 3 heterocycles. The van der Waals surface area contributed by atoms with Gasteiger partial charge in [-0.25, -0.2) is 4.98 Å². The first-order valence-corrected chi connectivity index (χ1v) is 8.64. The highest BCUT2D eigenvalue weighted by atomic mass is 16.2. The monoisotopic (exact) mass is 312 g/mol. The maximum absolute atomic E-state index is 12.0. The second kappa shape index (κ2) is 5.64. The van der Waals surface area contributed by atoms with Gasteiger partial charge in [0.05, 0.1) is 23.1 Å². The van der Waals surface area contributed by atoms with E-state index in [0.29, 0.717) is 12.0 Å². The smallest absolute Gasteiger partial charge is 0.237 e. The topological polar surface area (TPSA) is 50.2 Å². The van der Waals surface area contributed by atoms with Gasteiger partial charge in [0.2, 0.25) is 5.91 Å². The van der Waals surface area contributed by atoms with Crippen LogP contribution in [0, 0.1) is 0 Å². The second-order valence-corrected chi connectivity index (χ2v) is 7.04. The van der Waals surface area contributed by atoms with Crippen LogP contribution < -0.4 is 5.32 Å². The van der Waals surface area contributed by atoms with Gasteiger partial charge in [0.25, 0.3) is 0 Å². The number of para-hydroxylation sites is 2. The van der Waals surface area contributed by atoms with Gasteiger partial charge in [-0.05, 0) is 25.0 Å². The Morgan fingerprint density at radius 3 is 2.78 bits per heavy atom. The van der Waals surface area contributed by atoms with E-state index < -0.39 is 0 Å². The zero-order chi connectivity index (χ0) is 16.0. The largest absolute Gasteiger partial charge is 0.355 e. The summed E-state index contributed by atoms with van der Waals surface area (Å²) < 4.78 is 2.40. The number of hydrogen-bond acceptors (Lipinski definition) is 3. The number of rotatable bonds is 3. The number of nitrogens with zero attached hydrogens (tertiary/aromatic N) is 3. The Hall–Kier alpha value is -1.88. The maximum atomic E-state index is 12.0. The van der Waals surface area contributed by atoms with Crippen LogP contribution in [0.5, 0.6) is 0 Å². The fraction of sp³-hybridized carbons (Fsp3) is 0.556. The van der Waals surface area contributed by atoms with Crippen LogP contribution in [0.25, 0.3) is 11.0 Å². The van der Waals surface area contributed by atoms with Gasteiger partial charge < -0.3 is 9.88 Å². The van der Waals surface area contributed by atoms with Gasteiger partial charge in [0, 0.05) is 25.6 Å². The maximum Gasteiger partial charge on any atom is 0.237 e. The van der Waals surface area contributed by atoms with Crippen molar-refractivity contribution in [1.82, 2.24) is 19.8 Å². The molecular weight excluding hydrogens is 288 g/mol. The molecule has 0 radical (unpaired) electrons. The lowest BCUT2D eigenvalue weighted by Gasteiger charge is -2.46. The molecule has 122 valence electrons. The van der Waals surface area contributed by atoms with Crippen LogP contribution in [-0.2, 0) is 4.79 Å². The number of amides is 1. The molecule has 2 aromatic rings. The van der Waals surface area contributed by atoms with Crippen molar-refractivity contribution in [1.29, 1.82) is 0 Å². The zero-order valence-electron chi connectivity index (χ0n) is 13.8. The fourth-order valence-corrected chi connectivity index (χ4v) is 3.86. The lowest BCUT2D eigenvalue weighted by Crippen LogP contribution is -2.59. The molecule has 1 amide bonds. The normalized spacial score (nSPS) is 23.3. The number of fused-ring (bicyclic) bond motifs is 1. The summed E-state index contributed by atoms with van der Waals surface area (Å²) in [5.74, 6) is 1.76. The van der Waals surface area contributed by atoms with Gasteiger partial charge in [0.1, 0.15) is 5.82 Å². The number of piperidine rings is 1. The van der Waals surface area contributed by atoms with Crippen LogP contribution in [0.15, 0.2) is 24.3 Å². The van der Waals surface area contributed by atoms with E-state index in [-0.39, 0.29) is 11.9 Å². The average molecular weight is 312 g/mol. The SMILES string of the molecule is CC(C)c1nc2ccccc2n1C1CN(C2CCCNC2=O)C1. The summed E-state index contributed by atoms with van der Waals surface area (Å²) in [6.07, 6.45) is 2.07. The number of benzene rings is 1. The molecule has 2 fully saturated rings. The van der Waals surface area contributed by atoms with Gasteiger partial charge >= 0.3 is 0 Å². The first-order valence-electron chi connectivity index (χ1n) is 8.64. The number of aromatic nitrogens is 2. The Labute approximate surface area is 136 Å². The third kappa shape index (κ3) is 2.43. The average Bonchev–Trinajstić information content (AvgIpc) is 2.88. The minimum atomic E-state index is 0.0669. The minimum absolute atomic E-state index is 0.0669. The summed E-state index contributed by atoms with van der Waals surface area (Å²) in [6, 6.07) is 8.86. The van der Waals surface area contributed by atoms with E-state index >= 15 is 0 Å². The Bertz CT molecular complexity index is 730. The van der Waals surface area contributed by atoms with E-state index in [9.17, 15) is 4.79 Å². The molecule has 2 aliphatic rings. The molecular formula is C18H24N4O. The van der Waals surface area contributed by atoms with Crippen LogP contribution in [0.1, 0.15) is 44.5 Å². The predicted octanol–water partition coefficient (Wildman–Crippen LogP) is 2.29. The lowest BCUT2D eigenvalue weighted by molar-refractivity contribution is -0.131. The molecule has 1 aromatic heterocycles. The van der Waals surface area contributed by atoms with Crippen molar-refractivity contribution in [2.24, 2.45) is 0 Å². The molecule has 1 N–H and O–H groups in total. The highest BCUT2D eigenvalue weighted by Gasteiger charge is 2.39. The Balaban J connectivity index is 1.59. The van der Waals surface area contributed by atoms with Crippen LogP contribution in [-0.4, -0.2) is 46.0 Å². The van der Waals surface area contributed by atoms with E-state index in [0.717, 1.165) is 43.8 Å². The summed E-state index contributed by atoms with van der Waals surface area (Å²) in [6.45, 7) is 7.11. The highest BCUT2D eigenvalue weighted by Crippen LogP contribution is 2.33. The zero-order valence-corrected chi connectivity index (χ0v) is 13.8. The molecule has 5 nitrogen and oxygen atoms in total. The van der Waals surface area contributed by atoms with Crippen LogP contribution in [0.3, 0.4) is 0 Å². The van der Waals surface area contributed by atoms with E-state index in [2.05, 4.69) is 46.8 Å². The van der Waals surface area contributed by atoms with Crippen molar-refractivity contribution in [2.45, 2.75) is 44.7 Å². The van der Waals surface area contributed by atoms with Crippen LogP contribution in [0.2, 0.25) is 0 Å². The van der Waals surface area contributed by atoms with Crippen molar-refractivity contribution in [3.05, 3.63) is 30.1 Å². The van der Waals surface area contributed by atoms with E-state index in [1.165, 1.54) is 5.52 Å². The van der Waals surface area contributed by atoms with Crippen molar-refractivity contribution < 1.29 is 4.79 Å². The van der Waals surface area contributed by atoms with Gasteiger partial charge in [-0.1, -0.05) is 26.0 Å². The Morgan fingerprint density at radius 2 is 2.04 bits per heavy atom. The van der Waals surface area contributed by atoms with Crippen molar-refractivity contribution >= 4 is 16.9 Å². The third-order valence-corrected chi connectivity index (χ3v) is 5.09. The number of likely N-dealkylation sites (tertiary alicyclic amines) is 1. The summed E-state index contributed by atoms with van der Waals surface area (Å²) in [5.41, 5.74) is 2.29. The van der Waals surface area contributed by atoms with Crippen LogP contribution >= 0.6 is 0 Å². The molecule has 0 bridgehead atoms. The van der Waals surface area contributed by atoms with E-state index in [1.54, 1.807) is 0 Å². The molecule has 1 unspecified atom stereocenters. The molecule has 1 atom stereocenters. The number of carbonyl (C=O) groups excluding carboxylic acids is 1. The number of nitrogens with one attached hydrogen (secondary N) is 1. The Morgan fingerprint density at radius 1 is 1.26 bits per heavy atom. The second-order valence-electron chi connectivity index (χ2n) is 7.04. The molecule has 5 heteroatoms. The van der Waals surface area contributed by atoms with Crippen molar-refractivity contribution in [3.63, 3.8) is 0 Å². The molecule has 23 heavy (non-hydrogen) atoms. The van der Waals surface area contributed by atoms with Crippen molar-refractivity contribution in [3.8, 4) is 0 Å². The number of carbonyl (C=O) groups is 1. The van der Waals surface area contributed by atoms with E-state index in [1.807, 2.05) is 6.07 Å². The summed E-state index contributed by atoms with van der Waals surface area (Å²) in [4.78, 5) is 19.2. The van der Waals surface area contributed by atoms with Gasteiger partial charge in [-0.2, -0.15) is 0 Å². The van der Waals surface area contributed by atoms with Gasteiger partial charge in [-0.15, -0.1) is 0 Å². The van der Waals surface area contributed by atoms with Crippen molar-refractivity contribution in [2.75, 3.05) is 19.6 Å². The highest BCUT2D eigenvalue weighted by molar-refractivity contribution is 5.82. The fourth-order valence-electron chi connectivity index (χ4n) is 3.86. The van der Waals surface area contributed by atoms with Gasteiger partial charge in [0.15, 0.2) is 0 Å². The quantitative estimate of drug-likeness (QED) is 0.946. The third-order valence-electron chi connectivity index (χ3n) is 5.09. The van der Waals surface area contributed by atoms with Crippen LogP contribution in [0.4, 0.5) is 0 Å². The summed E-state index contributed by atoms with van der Waals surface area (Å²) in [7, 11) is 0. The molecule has 0 aliphatic carbocycles. The Kier molecular flexibility index (Phi) is 3.60. The molecule has 2 aliphatic heterocycles. The first-order chi connectivity index (χ1) is 11.1. The number of imidazole rings is 1. The lowest BCUT2D eigenvalue weighted by atomic mass is 9.98. The minimum Gasteiger partial charge on any atom is -0.355 e. The standard InChI is InChI=1S/C18H24N4O/c1-12(2)17-20-14-6-3-4-7-15(14)22(17)13-10-21(11-13)16-8-5-9-19-18(16)23/h3-4,6-7,12-13,16H,5,8-11H2,1-2H3,(H,19,23). The summed E-state index contributed by atoms with van der Waals surface area (Å²) in [5, 5.41) is 2.99. The van der Waals surface area contributed by atoms with E-state index in [4.69, 9.17) is 4.98 Å². The number of hydrogen-bond donors (Lipinski definition) is 1. The molecule has 1 aromatic carbocycles. The first kappa shape index (κ1) is 14.7. The molecule has 0 spiro atoms. The predicted molar refractivity (Wildman–Crippen MR) is 90.5 cm³/mol. The molecule has 2 saturated heterocycles. The summed E-state index contributed by atoms with van der Waals surface area (Å²) >= 11 is 0. The van der Waals surface area contributed by atoms with Gasteiger partial charge in [-0.3, -0.25) is 9.69 Å². The molecule has 4 rings (SSSR count).